The lowest BCUT2D eigenvalue weighted by Crippen LogP contribution is -2.60. The van der Waals surface area contributed by atoms with E-state index in [1.54, 1.807) is 30.3 Å². The first-order valence-corrected chi connectivity index (χ1v) is 6.10. The molecule has 0 saturated carbocycles. The van der Waals surface area contributed by atoms with Gasteiger partial charge in [0.05, 0.1) is 13.1 Å². The second-order valence-corrected chi connectivity index (χ2v) is 4.69. The maximum atomic E-state index is 13.4. The van der Waals surface area contributed by atoms with Gasteiger partial charge < -0.3 is 14.9 Å². The molecule has 1 saturated heterocycles. The van der Waals surface area contributed by atoms with Crippen LogP contribution < -0.4 is 0 Å². The topological polar surface area (TPSA) is 70.0 Å². The van der Waals surface area contributed by atoms with Gasteiger partial charge in [0.15, 0.2) is 0 Å². The number of halogens is 2. The number of hydrogen-bond acceptors (Lipinski definition) is 4. The number of piperidine rings is 1. The van der Waals surface area contributed by atoms with Gasteiger partial charge in [-0.3, -0.25) is 4.90 Å². The van der Waals surface area contributed by atoms with Gasteiger partial charge in [-0.1, -0.05) is 30.3 Å². The van der Waals surface area contributed by atoms with Crippen LogP contribution in [0, 0.1) is 0 Å². The van der Waals surface area contributed by atoms with Crippen LogP contribution in [-0.2, 0) is 11.3 Å². The highest BCUT2D eigenvalue weighted by Gasteiger charge is 2.50. The standard InChI is InChI=1S/C13H15F2NO4/c14-13(15)8-16(6-10(17)11(13)18)12(19)20-7-9-4-2-1-3-5-9/h1-5,10-11,17-18H,6-8H2/t10-,11-/m1/s1. The maximum Gasteiger partial charge on any atom is 0.410 e. The fraction of sp³-hybridized carbons (Fsp3) is 0.462. The Hall–Kier alpha value is -1.73. The van der Waals surface area contributed by atoms with Crippen LogP contribution in [-0.4, -0.2) is 52.4 Å². The summed E-state index contributed by atoms with van der Waals surface area (Å²) in [6.45, 7) is -1.40. The summed E-state index contributed by atoms with van der Waals surface area (Å²) in [6, 6.07) is 8.79. The van der Waals surface area contributed by atoms with Gasteiger partial charge in [0, 0.05) is 0 Å². The third-order valence-electron chi connectivity index (χ3n) is 3.07. The molecule has 1 heterocycles. The predicted octanol–water partition coefficient (Wildman–Crippen LogP) is 0.996. The van der Waals surface area contributed by atoms with Gasteiger partial charge in [-0.15, -0.1) is 0 Å². The van der Waals surface area contributed by atoms with Crippen LogP contribution in [0.25, 0.3) is 0 Å². The number of aliphatic hydroxyl groups excluding tert-OH is 2. The molecule has 20 heavy (non-hydrogen) atoms. The van der Waals surface area contributed by atoms with Gasteiger partial charge in [0.1, 0.15) is 18.8 Å². The zero-order valence-electron chi connectivity index (χ0n) is 10.6. The Bertz CT molecular complexity index is 469. The fourth-order valence-electron chi connectivity index (χ4n) is 1.97. The number of benzene rings is 1. The molecule has 1 fully saturated rings. The van der Waals surface area contributed by atoms with E-state index < -0.39 is 30.8 Å². The van der Waals surface area contributed by atoms with E-state index in [9.17, 15) is 18.7 Å². The Balaban J connectivity index is 1.93. The number of amides is 1. The maximum absolute atomic E-state index is 13.4. The van der Waals surface area contributed by atoms with E-state index in [4.69, 9.17) is 9.84 Å². The minimum atomic E-state index is -3.55. The van der Waals surface area contributed by atoms with E-state index in [0.29, 0.717) is 4.90 Å². The van der Waals surface area contributed by atoms with Crippen LogP contribution in [0.2, 0.25) is 0 Å². The molecule has 110 valence electrons. The van der Waals surface area contributed by atoms with Crippen LogP contribution in [0.3, 0.4) is 0 Å². The van der Waals surface area contributed by atoms with Gasteiger partial charge in [0.2, 0.25) is 0 Å². The van der Waals surface area contributed by atoms with Crippen LogP contribution in [0.4, 0.5) is 13.6 Å². The Labute approximate surface area is 114 Å². The van der Waals surface area contributed by atoms with E-state index in [2.05, 4.69) is 0 Å². The Kier molecular flexibility index (Phi) is 4.20. The van der Waals surface area contributed by atoms with E-state index in [1.807, 2.05) is 0 Å². The minimum Gasteiger partial charge on any atom is -0.445 e. The molecule has 7 heteroatoms. The molecule has 2 rings (SSSR count). The number of hydrogen-bond donors (Lipinski definition) is 2. The molecule has 1 aliphatic rings. The molecule has 2 atom stereocenters. The summed E-state index contributed by atoms with van der Waals surface area (Å²) in [7, 11) is 0. The number of ether oxygens (including phenoxy) is 1. The first-order valence-electron chi connectivity index (χ1n) is 6.10. The molecule has 0 unspecified atom stereocenters. The molecule has 1 amide bonds. The van der Waals surface area contributed by atoms with Crippen molar-refractivity contribution in [3.05, 3.63) is 35.9 Å². The summed E-state index contributed by atoms with van der Waals surface area (Å²) < 4.78 is 31.6. The molecular weight excluding hydrogens is 272 g/mol. The van der Waals surface area contributed by atoms with Crippen molar-refractivity contribution in [3.63, 3.8) is 0 Å². The summed E-state index contributed by atoms with van der Waals surface area (Å²) in [4.78, 5) is 12.4. The van der Waals surface area contributed by atoms with Gasteiger partial charge in [-0.05, 0) is 5.56 Å². The molecule has 1 aromatic carbocycles. The van der Waals surface area contributed by atoms with Crippen LogP contribution >= 0.6 is 0 Å². The van der Waals surface area contributed by atoms with Crippen molar-refractivity contribution in [1.29, 1.82) is 0 Å². The second kappa shape index (κ2) is 5.72. The monoisotopic (exact) mass is 287 g/mol. The summed E-state index contributed by atoms with van der Waals surface area (Å²) in [5, 5.41) is 18.5. The Morgan fingerprint density at radius 3 is 2.60 bits per heavy atom. The number of carbonyl (C=O) groups excluding carboxylic acids is 1. The summed E-state index contributed by atoms with van der Waals surface area (Å²) in [6.07, 6.45) is -4.80. The third-order valence-corrected chi connectivity index (χ3v) is 3.07. The first-order chi connectivity index (χ1) is 9.40. The number of likely N-dealkylation sites (tertiary alicyclic amines) is 1. The van der Waals surface area contributed by atoms with E-state index in [1.165, 1.54) is 0 Å². The molecule has 5 nitrogen and oxygen atoms in total. The predicted molar refractivity (Wildman–Crippen MR) is 65.2 cm³/mol. The number of nitrogens with zero attached hydrogens (tertiary/aromatic N) is 1. The van der Waals surface area contributed by atoms with Crippen molar-refractivity contribution >= 4 is 6.09 Å². The highest BCUT2D eigenvalue weighted by atomic mass is 19.3. The first kappa shape index (κ1) is 14.7. The lowest BCUT2D eigenvalue weighted by atomic mass is 10.0. The van der Waals surface area contributed by atoms with Gasteiger partial charge >= 0.3 is 6.09 Å². The summed E-state index contributed by atoms with van der Waals surface area (Å²) in [5.74, 6) is -3.55. The van der Waals surface area contributed by atoms with Crippen LogP contribution in [0.5, 0.6) is 0 Å². The zero-order chi connectivity index (χ0) is 14.8. The average molecular weight is 287 g/mol. The Morgan fingerprint density at radius 2 is 2.00 bits per heavy atom. The van der Waals surface area contributed by atoms with E-state index >= 15 is 0 Å². The molecule has 0 spiro atoms. The molecule has 0 radical (unpaired) electrons. The highest BCUT2D eigenvalue weighted by molar-refractivity contribution is 5.68. The smallest absolute Gasteiger partial charge is 0.410 e. The number of alkyl halides is 2. The number of aliphatic hydroxyl groups is 2. The molecule has 0 bridgehead atoms. The number of rotatable bonds is 2. The normalized spacial score (nSPS) is 25.3. The van der Waals surface area contributed by atoms with E-state index in [-0.39, 0.29) is 13.2 Å². The third kappa shape index (κ3) is 3.23. The van der Waals surface area contributed by atoms with Crippen LogP contribution in [0.15, 0.2) is 30.3 Å². The second-order valence-electron chi connectivity index (χ2n) is 4.69. The van der Waals surface area contributed by atoms with Crippen molar-refractivity contribution in [2.24, 2.45) is 0 Å². The van der Waals surface area contributed by atoms with Gasteiger partial charge in [0.25, 0.3) is 5.92 Å². The molecule has 0 aromatic heterocycles. The SMILES string of the molecule is O=C(OCc1ccccc1)N1C[C@@H](O)[C@@H](O)C(F)(F)C1. The number of carbonyl (C=O) groups is 1. The highest BCUT2D eigenvalue weighted by Crippen LogP contribution is 2.28. The van der Waals surface area contributed by atoms with Crippen molar-refractivity contribution in [2.45, 2.75) is 24.7 Å². The van der Waals surface area contributed by atoms with Gasteiger partial charge in [-0.25, -0.2) is 13.6 Å². The quantitative estimate of drug-likeness (QED) is 0.851. The molecule has 1 aliphatic heterocycles. The number of β-amino-alcohol motifs (C(OH)–C–C–N with tert-alkyl or cyclic N) is 1. The average Bonchev–Trinajstić information content (AvgIpc) is 2.42. The van der Waals surface area contributed by atoms with E-state index in [0.717, 1.165) is 5.56 Å². The minimum absolute atomic E-state index is 0.0413. The summed E-state index contributed by atoms with van der Waals surface area (Å²) >= 11 is 0. The van der Waals surface area contributed by atoms with Crippen molar-refractivity contribution in [3.8, 4) is 0 Å². The van der Waals surface area contributed by atoms with Crippen molar-refractivity contribution in [2.75, 3.05) is 13.1 Å². The molecular formula is C13H15F2NO4. The zero-order valence-corrected chi connectivity index (χ0v) is 10.6. The van der Waals surface area contributed by atoms with Gasteiger partial charge in [-0.2, -0.15) is 0 Å². The van der Waals surface area contributed by atoms with Crippen molar-refractivity contribution in [1.82, 2.24) is 4.90 Å². The lowest BCUT2D eigenvalue weighted by molar-refractivity contribution is -0.188. The molecule has 2 N–H and O–H groups in total. The molecule has 0 aliphatic carbocycles. The fourth-order valence-corrected chi connectivity index (χ4v) is 1.97. The molecule has 1 aromatic rings. The largest absolute Gasteiger partial charge is 0.445 e. The Morgan fingerprint density at radius 1 is 1.35 bits per heavy atom. The van der Waals surface area contributed by atoms with Crippen LogP contribution in [0.1, 0.15) is 5.56 Å². The summed E-state index contributed by atoms with van der Waals surface area (Å²) in [5.41, 5.74) is 0.727. The lowest BCUT2D eigenvalue weighted by Gasteiger charge is -2.38. The van der Waals surface area contributed by atoms with Crippen molar-refractivity contribution < 1.29 is 28.5 Å².